The van der Waals surface area contributed by atoms with Crippen LogP contribution in [0.15, 0.2) is 60.7 Å². The predicted molar refractivity (Wildman–Crippen MR) is 133 cm³/mol. The SMILES string of the molecule is COc1cc(C(O)C(O)CCNC(=O)OCC2c3ccccc3-c3ccccc32)c(N)c([N+](=O)[O-])c1. The number of benzene rings is 3. The second-order valence-corrected chi connectivity index (χ2v) is 8.46. The van der Waals surface area contributed by atoms with Crippen LogP contribution in [0.25, 0.3) is 11.1 Å². The number of nitrogens with zero attached hydrogens (tertiary/aromatic N) is 1. The number of nitro benzene ring substituents is 1. The summed E-state index contributed by atoms with van der Waals surface area (Å²) in [5, 5.41) is 34.8. The number of ether oxygens (including phenoxy) is 2. The van der Waals surface area contributed by atoms with Gasteiger partial charge in [-0.05, 0) is 34.7 Å². The second kappa shape index (κ2) is 10.6. The molecule has 3 aromatic carbocycles. The van der Waals surface area contributed by atoms with Crippen LogP contribution in [0, 0.1) is 10.1 Å². The Kier molecular flexibility index (Phi) is 7.37. The van der Waals surface area contributed by atoms with Crippen LogP contribution in [-0.4, -0.2) is 47.6 Å². The third-order valence-electron chi connectivity index (χ3n) is 6.33. The molecule has 2 unspecified atom stereocenters. The number of anilines is 1. The van der Waals surface area contributed by atoms with Gasteiger partial charge in [0.1, 0.15) is 24.1 Å². The van der Waals surface area contributed by atoms with Crippen molar-refractivity contribution in [3.8, 4) is 16.9 Å². The molecule has 0 radical (unpaired) electrons. The van der Waals surface area contributed by atoms with Crippen molar-refractivity contribution in [3.63, 3.8) is 0 Å². The average molecular weight is 494 g/mol. The molecule has 1 amide bonds. The number of alkyl carbamates (subject to hydrolysis) is 1. The van der Waals surface area contributed by atoms with Gasteiger partial charge in [-0.25, -0.2) is 4.79 Å². The Morgan fingerprint density at radius 2 is 1.72 bits per heavy atom. The number of nitrogens with one attached hydrogen (secondary N) is 1. The van der Waals surface area contributed by atoms with Gasteiger partial charge in [-0.3, -0.25) is 10.1 Å². The van der Waals surface area contributed by atoms with Crippen LogP contribution in [-0.2, 0) is 4.74 Å². The third-order valence-corrected chi connectivity index (χ3v) is 6.33. The molecule has 1 aliphatic carbocycles. The van der Waals surface area contributed by atoms with E-state index in [2.05, 4.69) is 5.32 Å². The molecule has 0 spiro atoms. The van der Waals surface area contributed by atoms with Crippen molar-refractivity contribution in [2.45, 2.75) is 24.5 Å². The Hall–Kier alpha value is -4.15. The summed E-state index contributed by atoms with van der Waals surface area (Å²) >= 11 is 0. The largest absolute Gasteiger partial charge is 0.496 e. The minimum absolute atomic E-state index is 0.000860. The van der Waals surface area contributed by atoms with Crippen LogP contribution in [0.5, 0.6) is 5.75 Å². The smallest absolute Gasteiger partial charge is 0.407 e. The standard InChI is InChI=1S/C26H27N3O7/c1-35-15-12-20(24(27)22(13-15)29(33)34)25(31)23(30)10-11-28-26(32)36-14-21-18-8-4-2-6-16(18)17-7-3-5-9-19(17)21/h2-9,12-13,21,23,25,30-31H,10-11,14,27H2,1H3,(H,28,32). The monoisotopic (exact) mass is 493 g/mol. The number of methoxy groups -OCH3 is 1. The summed E-state index contributed by atoms with van der Waals surface area (Å²) in [5.41, 5.74) is 9.52. The highest BCUT2D eigenvalue weighted by Gasteiger charge is 2.29. The van der Waals surface area contributed by atoms with Gasteiger partial charge >= 0.3 is 6.09 Å². The number of amides is 1. The van der Waals surface area contributed by atoms with Crippen LogP contribution < -0.4 is 15.8 Å². The molecule has 0 heterocycles. The first kappa shape index (κ1) is 25.0. The Morgan fingerprint density at radius 1 is 1.11 bits per heavy atom. The van der Waals surface area contributed by atoms with Crippen LogP contribution in [0.3, 0.4) is 0 Å². The molecule has 1 aliphatic rings. The molecule has 188 valence electrons. The number of carbonyl (C=O) groups is 1. The topological polar surface area (TPSA) is 157 Å². The number of nitrogens with two attached hydrogens (primary N) is 1. The summed E-state index contributed by atoms with van der Waals surface area (Å²) in [7, 11) is 1.32. The first-order valence-corrected chi connectivity index (χ1v) is 11.4. The van der Waals surface area contributed by atoms with E-state index >= 15 is 0 Å². The number of fused-ring (bicyclic) bond motifs is 3. The number of nitro groups is 1. The average Bonchev–Trinajstić information content (AvgIpc) is 3.20. The molecule has 0 saturated carbocycles. The zero-order chi connectivity index (χ0) is 25.8. The van der Waals surface area contributed by atoms with Gasteiger partial charge in [0, 0.05) is 18.0 Å². The minimum atomic E-state index is -1.52. The van der Waals surface area contributed by atoms with Crippen molar-refractivity contribution < 1.29 is 29.4 Å². The molecule has 0 fully saturated rings. The van der Waals surface area contributed by atoms with Crippen LogP contribution >= 0.6 is 0 Å². The zero-order valence-corrected chi connectivity index (χ0v) is 19.6. The molecule has 4 rings (SSSR count). The number of aliphatic hydroxyl groups excluding tert-OH is 2. The van der Waals surface area contributed by atoms with E-state index in [-0.39, 0.29) is 42.5 Å². The lowest BCUT2D eigenvalue weighted by atomic mass is 9.98. The van der Waals surface area contributed by atoms with E-state index in [1.54, 1.807) is 0 Å². The molecule has 0 saturated heterocycles. The maximum atomic E-state index is 12.3. The summed E-state index contributed by atoms with van der Waals surface area (Å²) in [6.45, 7) is 0.149. The fourth-order valence-corrected chi connectivity index (χ4v) is 4.48. The summed E-state index contributed by atoms with van der Waals surface area (Å²) in [4.78, 5) is 22.9. The van der Waals surface area contributed by atoms with E-state index in [0.29, 0.717) is 0 Å². The number of hydrogen-bond donors (Lipinski definition) is 4. The lowest BCUT2D eigenvalue weighted by molar-refractivity contribution is -0.384. The van der Waals surface area contributed by atoms with Crippen LogP contribution in [0.4, 0.5) is 16.2 Å². The Morgan fingerprint density at radius 3 is 2.31 bits per heavy atom. The van der Waals surface area contributed by atoms with Gasteiger partial charge in [-0.2, -0.15) is 0 Å². The van der Waals surface area contributed by atoms with E-state index in [9.17, 15) is 25.1 Å². The number of carbonyl (C=O) groups excluding carboxylic acids is 1. The maximum Gasteiger partial charge on any atom is 0.407 e. The number of rotatable bonds is 9. The molecule has 2 atom stereocenters. The fourth-order valence-electron chi connectivity index (χ4n) is 4.48. The van der Waals surface area contributed by atoms with Gasteiger partial charge in [0.05, 0.1) is 24.2 Å². The number of hydrogen-bond acceptors (Lipinski definition) is 8. The molecular weight excluding hydrogens is 466 g/mol. The quantitative estimate of drug-likeness (QED) is 0.200. The minimum Gasteiger partial charge on any atom is -0.496 e. The summed E-state index contributed by atoms with van der Waals surface area (Å²) < 4.78 is 10.5. The van der Waals surface area contributed by atoms with Crippen molar-refractivity contribution in [1.29, 1.82) is 0 Å². The third kappa shape index (κ3) is 4.95. The van der Waals surface area contributed by atoms with Gasteiger partial charge in [-0.1, -0.05) is 48.5 Å². The van der Waals surface area contributed by atoms with Gasteiger partial charge < -0.3 is 30.7 Å². The van der Waals surface area contributed by atoms with Gasteiger partial charge in [0.25, 0.3) is 5.69 Å². The van der Waals surface area contributed by atoms with Gasteiger partial charge in [0.2, 0.25) is 0 Å². The lowest BCUT2D eigenvalue weighted by Gasteiger charge is -2.20. The fraction of sp³-hybridized carbons (Fsp3) is 0.269. The lowest BCUT2D eigenvalue weighted by Crippen LogP contribution is -2.31. The summed E-state index contributed by atoms with van der Waals surface area (Å²) in [6, 6.07) is 18.5. The van der Waals surface area contributed by atoms with E-state index in [4.69, 9.17) is 15.2 Å². The normalized spacial score (nSPS) is 13.9. The van der Waals surface area contributed by atoms with Crippen LogP contribution in [0.1, 0.15) is 35.1 Å². The first-order valence-electron chi connectivity index (χ1n) is 11.4. The van der Waals surface area contributed by atoms with E-state index < -0.39 is 28.9 Å². The predicted octanol–water partition coefficient (Wildman–Crippen LogP) is 3.51. The molecule has 0 aliphatic heterocycles. The van der Waals surface area contributed by atoms with Crippen molar-refractivity contribution in [1.82, 2.24) is 5.32 Å². The molecule has 5 N–H and O–H groups in total. The molecule has 10 heteroatoms. The molecule has 0 aromatic heterocycles. The van der Waals surface area contributed by atoms with Crippen molar-refractivity contribution in [2.24, 2.45) is 0 Å². The van der Waals surface area contributed by atoms with Crippen LogP contribution in [0.2, 0.25) is 0 Å². The zero-order valence-electron chi connectivity index (χ0n) is 19.6. The first-order chi connectivity index (χ1) is 17.3. The maximum absolute atomic E-state index is 12.3. The molecule has 10 nitrogen and oxygen atoms in total. The van der Waals surface area contributed by atoms with Crippen molar-refractivity contribution >= 4 is 17.5 Å². The van der Waals surface area contributed by atoms with Gasteiger partial charge in [0.15, 0.2) is 0 Å². The molecular formula is C26H27N3O7. The number of nitrogen functional groups attached to an aromatic ring is 1. The second-order valence-electron chi connectivity index (χ2n) is 8.46. The molecule has 0 bridgehead atoms. The number of aliphatic hydroxyl groups is 2. The summed E-state index contributed by atoms with van der Waals surface area (Å²) in [5.74, 6) is 0.0382. The molecule has 36 heavy (non-hydrogen) atoms. The Balaban J connectivity index is 1.32. The molecule has 3 aromatic rings. The highest BCUT2D eigenvalue weighted by molar-refractivity contribution is 5.79. The van der Waals surface area contributed by atoms with E-state index in [1.165, 1.54) is 13.2 Å². The van der Waals surface area contributed by atoms with Gasteiger partial charge in [-0.15, -0.1) is 0 Å². The van der Waals surface area contributed by atoms with Crippen molar-refractivity contribution in [3.05, 3.63) is 87.5 Å². The van der Waals surface area contributed by atoms with Crippen molar-refractivity contribution in [2.75, 3.05) is 26.0 Å². The summed E-state index contributed by atoms with van der Waals surface area (Å²) in [6.07, 6.45) is -3.58. The highest BCUT2D eigenvalue weighted by Crippen LogP contribution is 2.44. The van der Waals surface area contributed by atoms with E-state index in [0.717, 1.165) is 28.3 Å². The van der Waals surface area contributed by atoms with E-state index in [1.807, 2.05) is 48.5 Å². The Labute approximate surface area is 207 Å². The highest BCUT2D eigenvalue weighted by atomic mass is 16.6. The Bertz CT molecular complexity index is 1230.